The summed E-state index contributed by atoms with van der Waals surface area (Å²) in [6, 6.07) is 8.24. The predicted molar refractivity (Wildman–Crippen MR) is 109 cm³/mol. The minimum absolute atomic E-state index is 0.640. The summed E-state index contributed by atoms with van der Waals surface area (Å²) < 4.78 is 0. The smallest absolute Gasteiger partial charge is 0.125 e. The summed E-state index contributed by atoms with van der Waals surface area (Å²) in [5.74, 6) is 0. The minimum Gasteiger partial charge on any atom is -0.396 e. The number of pyridine rings is 2. The number of hydrogen-bond donors (Lipinski definition) is 0. The van der Waals surface area contributed by atoms with E-state index in [0.717, 1.165) is 63.9 Å². The summed E-state index contributed by atoms with van der Waals surface area (Å²) in [7, 11) is 0. The average Bonchev–Trinajstić information content (AvgIpc) is 3.10. The van der Waals surface area contributed by atoms with E-state index >= 15 is 0 Å². The molecular formula is C21H22N4OS. The van der Waals surface area contributed by atoms with Gasteiger partial charge in [-0.25, -0.2) is 9.97 Å². The van der Waals surface area contributed by atoms with E-state index in [9.17, 15) is 0 Å². The van der Waals surface area contributed by atoms with Crippen LogP contribution in [0.1, 0.15) is 43.1 Å². The molecule has 0 saturated carbocycles. The van der Waals surface area contributed by atoms with Gasteiger partial charge in [0.05, 0.1) is 22.0 Å². The second kappa shape index (κ2) is 7.96. The van der Waals surface area contributed by atoms with E-state index in [2.05, 4.69) is 29.2 Å². The molecule has 0 fully saturated rings. The molecule has 0 saturated heterocycles. The second-order valence-corrected chi connectivity index (χ2v) is 7.60. The molecule has 3 aromatic rings. The molecule has 5 nitrogen and oxygen atoms in total. The molecule has 0 N–H and O–H groups in total. The van der Waals surface area contributed by atoms with Crippen molar-refractivity contribution in [2.24, 2.45) is 5.16 Å². The number of nitrogens with zero attached hydrogens (tertiary/aromatic N) is 4. The summed E-state index contributed by atoms with van der Waals surface area (Å²) in [6.45, 7) is 4.75. The first-order valence-electron chi connectivity index (χ1n) is 9.33. The van der Waals surface area contributed by atoms with E-state index in [4.69, 9.17) is 14.8 Å². The molecule has 0 aromatic carbocycles. The molecule has 0 aliphatic heterocycles. The van der Waals surface area contributed by atoms with Gasteiger partial charge in [-0.15, -0.1) is 11.3 Å². The first-order chi connectivity index (χ1) is 13.3. The first-order valence-corrected chi connectivity index (χ1v) is 10.1. The Kier molecular flexibility index (Phi) is 5.25. The number of fused-ring (bicyclic) bond motifs is 1. The van der Waals surface area contributed by atoms with Gasteiger partial charge in [-0.3, -0.25) is 4.98 Å². The zero-order valence-electron chi connectivity index (χ0n) is 15.6. The normalized spacial score (nSPS) is 15.0. The van der Waals surface area contributed by atoms with Gasteiger partial charge in [-0.05, 0) is 56.4 Å². The van der Waals surface area contributed by atoms with E-state index in [1.54, 1.807) is 17.5 Å². The van der Waals surface area contributed by atoms with Gasteiger partial charge >= 0.3 is 0 Å². The van der Waals surface area contributed by atoms with Gasteiger partial charge in [-0.1, -0.05) is 18.1 Å². The van der Waals surface area contributed by atoms with Gasteiger partial charge in [-0.2, -0.15) is 0 Å². The van der Waals surface area contributed by atoms with Crippen molar-refractivity contribution in [2.45, 2.75) is 39.5 Å². The standard InChI is InChI=1S/C21H22N4OS/c1-3-12-26-25-17-8-4-6-15-9-10-18(24-19(15)17)20-14(2)23-21(27-20)16-7-5-11-22-13-16/h5,7,9-11,13H,3-4,6,8,12H2,1-2H3. The van der Waals surface area contributed by atoms with Crippen LogP contribution < -0.4 is 0 Å². The molecular weight excluding hydrogens is 356 g/mol. The maximum atomic E-state index is 5.44. The summed E-state index contributed by atoms with van der Waals surface area (Å²) in [6.07, 6.45) is 7.62. The molecule has 1 aliphatic rings. The molecule has 3 aromatic heterocycles. The predicted octanol–water partition coefficient (Wildman–Crippen LogP) is 5.04. The lowest BCUT2D eigenvalue weighted by molar-refractivity contribution is 0.144. The zero-order valence-corrected chi connectivity index (χ0v) is 16.4. The summed E-state index contributed by atoms with van der Waals surface area (Å²) >= 11 is 1.65. The van der Waals surface area contributed by atoms with E-state index in [1.165, 1.54) is 5.56 Å². The lowest BCUT2D eigenvalue weighted by atomic mass is 9.94. The number of aromatic nitrogens is 3. The molecule has 0 amide bonds. The van der Waals surface area contributed by atoms with Crippen molar-refractivity contribution in [1.29, 1.82) is 0 Å². The SMILES string of the molecule is CCCON=C1CCCc2ccc(-c3sc(-c4cccnc4)nc3C)nc21. The molecule has 1 aliphatic carbocycles. The third-order valence-electron chi connectivity index (χ3n) is 4.52. The average molecular weight is 379 g/mol. The van der Waals surface area contributed by atoms with Gasteiger partial charge in [0, 0.05) is 18.0 Å². The molecule has 3 heterocycles. The van der Waals surface area contributed by atoms with Crippen LogP contribution in [0.5, 0.6) is 0 Å². The van der Waals surface area contributed by atoms with E-state index in [-0.39, 0.29) is 0 Å². The summed E-state index contributed by atoms with van der Waals surface area (Å²) in [5, 5.41) is 5.33. The number of hydrogen-bond acceptors (Lipinski definition) is 6. The largest absolute Gasteiger partial charge is 0.396 e. The molecule has 0 radical (unpaired) electrons. The first kappa shape index (κ1) is 17.8. The molecule has 0 bridgehead atoms. The lowest BCUT2D eigenvalue weighted by Gasteiger charge is -2.17. The fraction of sp³-hybridized carbons (Fsp3) is 0.333. The minimum atomic E-state index is 0.640. The topological polar surface area (TPSA) is 60.3 Å². The van der Waals surface area contributed by atoms with Crippen molar-refractivity contribution in [3.63, 3.8) is 0 Å². The van der Waals surface area contributed by atoms with Crippen LogP contribution in [0, 0.1) is 6.92 Å². The quantitative estimate of drug-likeness (QED) is 0.461. The Hall–Kier alpha value is -2.60. The molecule has 27 heavy (non-hydrogen) atoms. The van der Waals surface area contributed by atoms with Crippen LogP contribution in [0.4, 0.5) is 0 Å². The van der Waals surface area contributed by atoms with Crippen LogP contribution in [0.2, 0.25) is 0 Å². The van der Waals surface area contributed by atoms with Crippen LogP contribution in [-0.4, -0.2) is 27.3 Å². The van der Waals surface area contributed by atoms with Crippen molar-refractivity contribution >= 4 is 17.0 Å². The second-order valence-electron chi connectivity index (χ2n) is 6.60. The van der Waals surface area contributed by atoms with Gasteiger partial charge in [0.2, 0.25) is 0 Å². The highest BCUT2D eigenvalue weighted by Gasteiger charge is 2.20. The van der Waals surface area contributed by atoms with E-state index in [1.807, 2.05) is 25.3 Å². The monoisotopic (exact) mass is 378 g/mol. The van der Waals surface area contributed by atoms with Crippen molar-refractivity contribution in [3.8, 4) is 21.1 Å². The highest BCUT2D eigenvalue weighted by Crippen LogP contribution is 2.35. The number of oxime groups is 1. The fourth-order valence-electron chi connectivity index (χ4n) is 3.18. The van der Waals surface area contributed by atoms with Gasteiger partial charge in [0.1, 0.15) is 17.3 Å². The van der Waals surface area contributed by atoms with Crippen LogP contribution >= 0.6 is 11.3 Å². The molecule has 0 unspecified atom stereocenters. The van der Waals surface area contributed by atoms with Crippen molar-refractivity contribution < 1.29 is 4.84 Å². The highest BCUT2D eigenvalue weighted by atomic mass is 32.1. The zero-order chi connectivity index (χ0) is 18.6. The Bertz CT molecular complexity index is 966. The summed E-state index contributed by atoms with van der Waals surface area (Å²) in [5.41, 5.74) is 6.15. The van der Waals surface area contributed by atoms with Crippen LogP contribution in [0.3, 0.4) is 0 Å². The van der Waals surface area contributed by atoms with Crippen LogP contribution in [0.25, 0.3) is 21.1 Å². The van der Waals surface area contributed by atoms with Crippen LogP contribution in [-0.2, 0) is 11.3 Å². The highest BCUT2D eigenvalue weighted by molar-refractivity contribution is 7.18. The van der Waals surface area contributed by atoms with Gasteiger partial charge in [0.25, 0.3) is 0 Å². The Morgan fingerprint density at radius 2 is 2.11 bits per heavy atom. The van der Waals surface area contributed by atoms with Gasteiger partial charge < -0.3 is 4.84 Å². The maximum Gasteiger partial charge on any atom is 0.125 e. The lowest BCUT2D eigenvalue weighted by Crippen LogP contribution is -2.15. The number of thiazole rings is 1. The number of aryl methyl sites for hydroxylation is 2. The summed E-state index contributed by atoms with van der Waals surface area (Å²) in [4.78, 5) is 20.4. The van der Waals surface area contributed by atoms with Crippen molar-refractivity contribution in [3.05, 3.63) is 53.6 Å². The number of rotatable bonds is 5. The van der Waals surface area contributed by atoms with E-state index < -0.39 is 0 Å². The van der Waals surface area contributed by atoms with Crippen molar-refractivity contribution in [1.82, 2.24) is 15.0 Å². The Morgan fingerprint density at radius 3 is 2.93 bits per heavy atom. The molecule has 0 spiro atoms. The fourth-order valence-corrected chi connectivity index (χ4v) is 4.21. The molecule has 0 atom stereocenters. The maximum absolute atomic E-state index is 5.44. The Morgan fingerprint density at radius 1 is 1.19 bits per heavy atom. The van der Waals surface area contributed by atoms with E-state index in [0.29, 0.717) is 6.61 Å². The van der Waals surface area contributed by atoms with Crippen LogP contribution in [0.15, 0.2) is 41.8 Å². The van der Waals surface area contributed by atoms with Gasteiger partial charge in [0.15, 0.2) is 0 Å². The molecule has 4 rings (SSSR count). The molecule has 6 heteroatoms. The van der Waals surface area contributed by atoms with Crippen molar-refractivity contribution in [2.75, 3.05) is 6.61 Å². The molecule has 138 valence electrons. The Balaban J connectivity index is 1.71. The third kappa shape index (κ3) is 3.76. The third-order valence-corrected chi connectivity index (χ3v) is 5.75. The Labute approximate surface area is 163 Å².